The highest BCUT2D eigenvalue weighted by atomic mass is 32.1. The second-order valence-electron chi connectivity index (χ2n) is 4.83. The second-order valence-corrected chi connectivity index (χ2v) is 5.74. The number of thiophene rings is 1. The van der Waals surface area contributed by atoms with E-state index in [0.29, 0.717) is 6.04 Å². The smallest absolute Gasteiger partial charge is 0.0363 e. The maximum Gasteiger partial charge on any atom is 0.0363 e. The largest absolute Gasteiger partial charge is 0.313 e. The molecule has 3 rings (SSSR count). The van der Waals surface area contributed by atoms with Crippen molar-refractivity contribution in [2.75, 3.05) is 7.05 Å². The molecule has 2 heteroatoms. The third kappa shape index (κ3) is 1.57. The van der Waals surface area contributed by atoms with Crippen molar-refractivity contribution < 1.29 is 0 Å². The monoisotopic (exact) mass is 231 g/mol. The third-order valence-electron chi connectivity index (χ3n) is 3.76. The average Bonchev–Trinajstić information content (AvgIpc) is 2.88. The number of benzene rings is 1. The van der Waals surface area contributed by atoms with Crippen LogP contribution in [-0.2, 0) is 0 Å². The van der Waals surface area contributed by atoms with Crippen LogP contribution in [0.15, 0.2) is 29.6 Å². The van der Waals surface area contributed by atoms with Gasteiger partial charge in [0.2, 0.25) is 0 Å². The maximum absolute atomic E-state index is 3.50. The van der Waals surface area contributed by atoms with Gasteiger partial charge in [-0.2, -0.15) is 0 Å². The molecule has 1 aromatic carbocycles. The minimum atomic E-state index is 0.547. The lowest BCUT2D eigenvalue weighted by atomic mass is 10.0. The van der Waals surface area contributed by atoms with Crippen molar-refractivity contribution >= 4 is 21.4 Å². The molecule has 1 aromatic heterocycles. The minimum Gasteiger partial charge on any atom is -0.313 e. The van der Waals surface area contributed by atoms with Gasteiger partial charge in [-0.3, -0.25) is 0 Å². The molecule has 0 spiro atoms. The van der Waals surface area contributed by atoms with Crippen LogP contribution in [0.25, 0.3) is 10.1 Å². The number of hydrogen-bond donors (Lipinski definition) is 1. The Morgan fingerprint density at radius 3 is 2.81 bits per heavy atom. The summed E-state index contributed by atoms with van der Waals surface area (Å²) in [6, 6.07) is 9.27. The molecular formula is C14H17NS. The highest BCUT2D eigenvalue weighted by molar-refractivity contribution is 7.17. The number of nitrogens with one attached hydrogen (secondary N) is 1. The highest BCUT2D eigenvalue weighted by Gasteiger charge is 2.40. The fourth-order valence-electron chi connectivity index (χ4n) is 2.65. The normalized spacial score (nSPS) is 25.9. The summed E-state index contributed by atoms with van der Waals surface area (Å²) in [5, 5.41) is 7.26. The van der Waals surface area contributed by atoms with Crippen LogP contribution in [0, 0.1) is 11.8 Å². The predicted octanol–water partition coefficient (Wildman–Crippen LogP) is 3.82. The summed E-state index contributed by atoms with van der Waals surface area (Å²) in [5.41, 5.74) is 1.50. The molecule has 1 nitrogen and oxygen atoms in total. The fraction of sp³-hybridized carbons (Fsp3) is 0.429. The topological polar surface area (TPSA) is 12.0 Å². The van der Waals surface area contributed by atoms with Crippen LogP contribution in [0.4, 0.5) is 0 Å². The first-order valence-electron chi connectivity index (χ1n) is 5.94. The van der Waals surface area contributed by atoms with Gasteiger partial charge in [-0.1, -0.05) is 25.1 Å². The Morgan fingerprint density at radius 1 is 1.38 bits per heavy atom. The van der Waals surface area contributed by atoms with Gasteiger partial charge >= 0.3 is 0 Å². The first-order chi connectivity index (χ1) is 7.81. The van der Waals surface area contributed by atoms with Crippen molar-refractivity contribution in [3.63, 3.8) is 0 Å². The Labute approximate surface area is 100 Å². The van der Waals surface area contributed by atoms with Crippen molar-refractivity contribution in [2.24, 2.45) is 11.8 Å². The SMILES string of the molecule is CNC(c1csc2ccccc12)C1CC1C. The first-order valence-corrected chi connectivity index (χ1v) is 6.82. The van der Waals surface area contributed by atoms with E-state index in [9.17, 15) is 0 Å². The lowest BCUT2D eigenvalue weighted by molar-refractivity contribution is 0.508. The van der Waals surface area contributed by atoms with E-state index in [1.807, 2.05) is 11.3 Å². The van der Waals surface area contributed by atoms with Crippen molar-refractivity contribution in [3.8, 4) is 0 Å². The molecule has 1 saturated carbocycles. The van der Waals surface area contributed by atoms with Crippen LogP contribution < -0.4 is 5.32 Å². The lowest BCUT2D eigenvalue weighted by Gasteiger charge is -2.15. The third-order valence-corrected chi connectivity index (χ3v) is 4.74. The fourth-order valence-corrected chi connectivity index (χ4v) is 3.65. The van der Waals surface area contributed by atoms with E-state index in [1.165, 1.54) is 22.1 Å². The maximum atomic E-state index is 3.50. The Bertz CT molecular complexity index is 502. The molecule has 3 atom stereocenters. The Kier molecular flexibility index (Phi) is 2.49. The summed E-state index contributed by atoms with van der Waals surface area (Å²) >= 11 is 1.86. The Hall–Kier alpha value is -0.860. The zero-order chi connectivity index (χ0) is 11.1. The van der Waals surface area contributed by atoms with Gasteiger partial charge in [0.05, 0.1) is 0 Å². The van der Waals surface area contributed by atoms with Gasteiger partial charge in [0.25, 0.3) is 0 Å². The van der Waals surface area contributed by atoms with Crippen molar-refractivity contribution in [3.05, 3.63) is 35.2 Å². The molecule has 0 bridgehead atoms. The van der Waals surface area contributed by atoms with Gasteiger partial charge in [-0.25, -0.2) is 0 Å². The summed E-state index contributed by atoms with van der Waals surface area (Å²) in [5.74, 6) is 1.72. The van der Waals surface area contributed by atoms with Crippen molar-refractivity contribution in [2.45, 2.75) is 19.4 Å². The molecule has 1 N–H and O–H groups in total. The van der Waals surface area contributed by atoms with Crippen LogP contribution >= 0.6 is 11.3 Å². The number of rotatable bonds is 3. The van der Waals surface area contributed by atoms with E-state index >= 15 is 0 Å². The van der Waals surface area contributed by atoms with E-state index in [1.54, 1.807) is 0 Å². The molecule has 1 heterocycles. The summed E-state index contributed by atoms with van der Waals surface area (Å²) in [6.45, 7) is 2.35. The van der Waals surface area contributed by atoms with Crippen LogP contribution in [0.2, 0.25) is 0 Å². The summed E-state index contributed by atoms with van der Waals surface area (Å²) in [6.07, 6.45) is 1.37. The number of hydrogen-bond acceptors (Lipinski definition) is 2. The zero-order valence-electron chi connectivity index (χ0n) is 9.73. The summed E-state index contributed by atoms with van der Waals surface area (Å²) in [7, 11) is 2.09. The lowest BCUT2D eigenvalue weighted by Crippen LogP contribution is -2.18. The molecular weight excluding hydrogens is 214 g/mol. The van der Waals surface area contributed by atoms with Gasteiger partial charge in [-0.05, 0) is 47.7 Å². The zero-order valence-corrected chi connectivity index (χ0v) is 10.6. The first kappa shape index (κ1) is 10.3. The van der Waals surface area contributed by atoms with Crippen LogP contribution in [-0.4, -0.2) is 7.05 Å². The van der Waals surface area contributed by atoms with Gasteiger partial charge in [-0.15, -0.1) is 11.3 Å². The number of fused-ring (bicyclic) bond motifs is 1. The van der Waals surface area contributed by atoms with Gasteiger partial charge in [0.1, 0.15) is 0 Å². The molecule has 1 aliphatic rings. The Balaban J connectivity index is 2.03. The highest BCUT2D eigenvalue weighted by Crippen LogP contribution is 2.48. The van der Waals surface area contributed by atoms with Crippen LogP contribution in [0.3, 0.4) is 0 Å². The molecule has 1 aliphatic carbocycles. The van der Waals surface area contributed by atoms with E-state index in [0.717, 1.165) is 11.8 Å². The molecule has 1 fully saturated rings. The van der Waals surface area contributed by atoms with Gasteiger partial charge in [0, 0.05) is 10.7 Å². The second kappa shape index (κ2) is 3.86. The molecule has 84 valence electrons. The van der Waals surface area contributed by atoms with E-state index < -0.39 is 0 Å². The van der Waals surface area contributed by atoms with Crippen molar-refractivity contribution in [1.82, 2.24) is 5.32 Å². The minimum absolute atomic E-state index is 0.547. The molecule has 16 heavy (non-hydrogen) atoms. The van der Waals surface area contributed by atoms with Gasteiger partial charge < -0.3 is 5.32 Å². The van der Waals surface area contributed by atoms with E-state index in [4.69, 9.17) is 0 Å². The molecule has 0 saturated heterocycles. The standard InChI is InChI=1S/C14H17NS/c1-9-7-11(9)14(15-2)12-8-16-13-6-4-3-5-10(12)13/h3-6,8-9,11,14-15H,7H2,1-2H3. The van der Waals surface area contributed by atoms with Gasteiger partial charge in [0.15, 0.2) is 0 Å². The molecule has 0 amide bonds. The van der Waals surface area contributed by atoms with Crippen molar-refractivity contribution in [1.29, 1.82) is 0 Å². The average molecular weight is 231 g/mol. The quantitative estimate of drug-likeness (QED) is 0.847. The van der Waals surface area contributed by atoms with Crippen LogP contribution in [0.5, 0.6) is 0 Å². The molecule has 3 unspecified atom stereocenters. The molecule has 2 aromatic rings. The Morgan fingerprint density at radius 2 is 2.12 bits per heavy atom. The molecule has 0 aliphatic heterocycles. The molecule has 0 radical (unpaired) electrons. The van der Waals surface area contributed by atoms with E-state index in [2.05, 4.69) is 48.9 Å². The predicted molar refractivity (Wildman–Crippen MR) is 70.9 cm³/mol. The summed E-state index contributed by atoms with van der Waals surface area (Å²) < 4.78 is 1.41. The van der Waals surface area contributed by atoms with E-state index in [-0.39, 0.29) is 0 Å². The summed E-state index contributed by atoms with van der Waals surface area (Å²) in [4.78, 5) is 0. The van der Waals surface area contributed by atoms with Crippen LogP contribution in [0.1, 0.15) is 24.9 Å².